The maximum Gasteiger partial charge on any atom is 0.0840 e. The Morgan fingerprint density at radius 3 is 2.84 bits per heavy atom. The van der Waals surface area contributed by atoms with Crippen molar-refractivity contribution in [3.63, 3.8) is 0 Å². The summed E-state index contributed by atoms with van der Waals surface area (Å²) in [6.45, 7) is 0.899. The molecule has 0 aliphatic rings. The van der Waals surface area contributed by atoms with Gasteiger partial charge in [-0.1, -0.05) is 18.2 Å². The molecule has 96 valence electrons. The van der Waals surface area contributed by atoms with E-state index in [-0.39, 0.29) is 0 Å². The number of benzene rings is 1. The summed E-state index contributed by atoms with van der Waals surface area (Å²) >= 11 is 1.76. The maximum atomic E-state index is 4.43. The number of hydrogen-bond acceptors (Lipinski definition) is 3. The van der Waals surface area contributed by atoms with Crippen molar-refractivity contribution in [1.82, 2.24) is 15.1 Å². The van der Waals surface area contributed by atoms with E-state index in [1.165, 1.54) is 10.4 Å². The van der Waals surface area contributed by atoms with Crippen LogP contribution in [0.5, 0.6) is 0 Å². The van der Waals surface area contributed by atoms with Gasteiger partial charge in [-0.15, -0.1) is 11.3 Å². The summed E-state index contributed by atoms with van der Waals surface area (Å²) in [5, 5.41) is 9.79. The molecule has 0 saturated heterocycles. The predicted octanol–water partition coefficient (Wildman–Crippen LogP) is 3.32. The molecule has 0 spiro atoms. The van der Waals surface area contributed by atoms with E-state index in [0.717, 1.165) is 17.9 Å². The molecule has 0 aliphatic carbocycles. The van der Waals surface area contributed by atoms with E-state index in [0.29, 0.717) is 0 Å². The fraction of sp³-hybridized carbons (Fsp3) is 0.133. The third kappa shape index (κ3) is 2.45. The SMILES string of the molecule is CNCc1csc(-c2ccnn2-c2ccccc2)c1. The monoisotopic (exact) mass is 269 g/mol. The van der Waals surface area contributed by atoms with E-state index in [1.54, 1.807) is 11.3 Å². The van der Waals surface area contributed by atoms with Gasteiger partial charge in [-0.25, -0.2) is 4.68 Å². The van der Waals surface area contributed by atoms with E-state index in [2.05, 4.69) is 40.1 Å². The maximum absolute atomic E-state index is 4.43. The molecule has 2 heterocycles. The van der Waals surface area contributed by atoms with E-state index in [4.69, 9.17) is 0 Å². The lowest BCUT2D eigenvalue weighted by Gasteiger charge is -2.05. The van der Waals surface area contributed by atoms with E-state index in [1.807, 2.05) is 36.1 Å². The van der Waals surface area contributed by atoms with Gasteiger partial charge < -0.3 is 5.32 Å². The Kier molecular flexibility index (Phi) is 3.44. The summed E-state index contributed by atoms with van der Waals surface area (Å²) in [5.41, 5.74) is 3.54. The van der Waals surface area contributed by atoms with Crippen LogP contribution in [0.2, 0.25) is 0 Å². The highest BCUT2D eigenvalue weighted by Gasteiger charge is 2.09. The quantitative estimate of drug-likeness (QED) is 0.787. The van der Waals surface area contributed by atoms with Crippen LogP contribution in [0, 0.1) is 0 Å². The molecule has 3 aromatic rings. The van der Waals surface area contributed by atoms with Crippen molar-refractivity contribution in [3.8, 4) is 16.3 Å². The number of rotatable bonds is 4. The van der Waals surface area contributed by atoms with Crippen LogP contribution >= 0.6 is 11.3 Å². The predicted molar refractivity (Wildman–Crippen MR) is 79.6 cm³/mol. The van der Waals surface area contributed by atoms with Crippen LogP contribution in [-0.2, 0) is 6.54 Å². The standard InChI is InChI=1S/C15H15N3S/c1-16-10-12-9-15(19-11-12)14-7-8-17-18(14)13-5-3-2-4-6-13/h2-9,11,16H,10H2,1H3. The second-order valence-corrected chi connectivity index (χ2v) is 5.22. The normalized spacial score (nSPS) is 10.8. The fourth-order valence-corrected chi connectivity index (χ4v) is 3.00. The number of para-hydroxylation sites is 1. The second-order valence-electron chi connectivity index (χ2n) is 4.31. The van der Waals surface area contributed by atoms with Crippen molar-refractivity contribution in [2.45, 2.75) is 6.54 Å². The first-order chi connectivity index (χ1) is 9.38. The zero-order valence-corrected chi connectivity index (χ0v) is 11.5. The Balaban J connectivity index is 1.99. The molecular formula is C15H15N3S. The minimum absolute atomic E-state index is 0.899. The molecular weight excluding hydrogens is 254 g/mol. The number of hydrogen-bond donors (Lipinski definition) is 1. The third-order valence-electron chi connectivity index (χ3n) is 2.93. The van der Waals surface area contributed by atoms with Crippen LogP contribution in [0.4, 0.5) is 0 Å². The number of nitrogens with one attached hydrogen (secondary N) is 1. The fourth-order valence-electron chi connectivity index (χ4n) is 2.07. The zero-order valence-electron chi connectivity index (χ0n) is 10.7. The minimum atomic E-state index is 0.899. The lowest BCUT2D eigenvalue weighted by atomic mass is 10.2. The molecule has 0 fully saturated rings. The van der Waals surface area contributed by atoms with Crippen LogP contribution in [0.25, 0.3) is 16.3 Å². The average molecular weight is 269 g/mol. The van der Waals surface area contributed by atoms with Crippen LogP contribution in [0.3, 0.4) is 0 Å². The van der Waals surface area contributed by atoms with Crippen molar-refractivity contribution >= 4 is 11.3 Å². The van der Waals surface area contributed by atoms with Gasteiger partial charge in [0.1, 0.15) is 0 Å². The van der Waals surface area contributed by atoms with Gasteiger partial charge in [-0.05, 0) is 42.3 Å². The van der Waals surface area contributed by atoms with Crippen molar-refractivity contribution < 1.29 is 0 Å². The summed E-state index contributed by atoms with van der Waals surface area (Å²) < 4.78 is 1.98. The summed E-state index contributed by atoms with van der Waals surface area (Å²) in [5.74, 6) is 0. The van der Waals surface area contributed by atoms with Gasteiger partial charge in [0.2, 0.25) is 0 Å². The number of thiophene rings is 1. The van der Waals surface area contributed by atoms with E-state index >= 15 is 0 Å². The largest absolute Gasteiger partial charge is 0.316 e. The van der Waals surface area contributed by atoms with Crippen LogP contribution in [-0.4, -0.2) is 16.8 Å². The Hall–Kier alpha value is -1.91. The number of nitrogens with zero attached hydrogens (tertiary/aromatic N) is 2. The summed E-state index contributed by atoms with van der Waals surface area (Å²) in [7, 11) is 1.96. The topological polar surface area (TPSA) is 29.9 Å². The van der Waals surface area contributed by atoms with Gasteiger partial charge in [0.25, 0.3) is 0 Å². The summed E-state index contributed by atoms with van der Waals surface area (Å²) in [4.78, 5) is 1.24. The van der Waals surface area contributed by atoms with Crippen LogP contribution in [0.1, 0.15) is 5.56 Å². The molecule has 1 N–H and O–H groups in total. The summed E-state index contributed by atoms with van der Waals surface area (Å²) in [6, 6.07) is 14.5. The minimum Gasteiger partial charge on any atom is -0.316 e. The molecule has 0 saturated carbocycles. The Morgan fingerprint density at radius 1 is 1.21 bits per heavy atom. The molecule has 1 aromatic carbocycles. The lowest BCUT2D eigenvalue weighted by Crippen LogP contribution is -2.03. The molecule has 0 unspecified atom stereocenters. The van der Waals surface area contributed by atoms with Gasteiger partial charge in [-0.2, -0.15) is 5.10 Å². The lowest BCUT2D eigenvalue weighted by molar-refractivity contribution is 0.821. The summed E-state index contributed by atoms with van der Waals surface area (Å²) in [6.07, 6.45) is 1.85. The Morgan fingerprint density at radius 2 is 2.05 bits per heavy atom. The molecule has 0 atom stereocenters. The molecule has 0 amide bonds. The molecule has 4 heteroatoms. The zero-order chi connectivity index (χ0) is 13.1. The van der Waals surface area contributed by atoms with E-state index in [9.17, 15) is 0 Å². The van der Waals surface area contributed by atoms with Gasteiger partial charge in [0.15, 0.2) is 0 Å². The van der Waals surface area contributed by atoms with Crippen molar-refractivity contribution in [2.75, 3.05) is 7.05 Å². The van der Waals surface area contributed by atoms with Gasteiger partial charge in [-0.3, -0.25) is 0 Å². The van der Waals surface area contributed by atoms with Crippen molar-refractivity contribution in [1.29, 1.82) is 0 Å². The molecule has 2 aromatic heterocycles. The van der Waals surface area contributed by atoms with Crippen molar-refractivity contribution in [2.24, 2.45) is 0 Å². The molecule has 0 radical (unpaired) electrons. The van der Waals surface area contributed by atoms with Crippen molar-refractivity contribution in [3.05, 3.63) is 59.6 Å². The molecule has 0 aliphatic heterocycles. The van der Waals surface area contributed by atoms with Gasteiger partial charge in [0.05, 0.1) is 22.5 Å². The first kappa shape index (κ1) is 12.1. The Labute approximate surface area is 116 Å². The highest BCUT2D eigenvalue weighted by molar-refractivity contribution is 7.13. The van der Waals surface area contributed by atoms with Gasteiger partial charge >= 0.3 is 0 Å². The van der Waals surface area contributed by atoms with E-state index < -0.39 is 0 Å². The average Bonchev–Trinajstić information content (AvgIpc) is 3.08. The van der Waals surface area contributed by atoms with Crippen LogP contribution in [0.15, 0.2) is 54.0 Å². The second kappa shape index (κ2) is 5.38. The first-order valence-corrected chi connectivity index (χ1v) is 7.08. The number of aromatic nitrogens is 2. The molecule has 0 bridgehead atoms. The third-order valence-corrected chi connectivity index (χ3v) is 3.93. The first-order valence-electron chi connectivity index (χ1n) is 6.20. The molecule has 3 nitrogen and oxygen atoms in total. The molecule has 19 heavy (non-hydrogen) atoms. The molecule has 3 rings (SSSR count). The highest BCUT2D eigenvalue weighted by Crippen LogP contribution is 2.28. The van der Waals surface area contributed by atoms with Gasteiger partial charge in [0, 0.05) is 6.54 Å². The smallest absolute Gasteiger partial charge is 0.0840 e. The Bertz CT molecular complexity index is 655. The van der Waals surface area contributed by atoms with Crippen LogP contribution < -0.4 is 5.32 Å². The highest BCUT2D eigenvalue weighted by atomic mass is 32.1.